The van der Waals surface area contributed by atoms with Crippen LogP contribution < -0.4 is 0 Å². The summed E-state index contributed by atoms with van der Waals surface area (Å²) in [6.07, 6.45) is 5.06. The molecule has 0 aliphatic carbocycles. The Morgan fingerprint density at radius 2 is 2.04 bits per heavy atom. The number of hydrogen-bond acceptors (Lipinski definition) is 4. The van der Waals surface area contributed by atoms with Gasteiger partial charge in [-0.05, 0) is 39.1 Å². The number of piperidine rings is 1. The number of halogens is 1. The zero-order chi connectivity index (χ0) is 17.8. The average molecular weight is 342 g/mol. The number of likely N-dealkylation sites (tertiary alicyclic amines) is 1. The normalized spacial score (nSPS) is 17.8. The summed E-state index contributed by atoms with van der Waals surface area (Å²) in [4.78, 5) is 25.0. The smallest absolute Gasteiger partial charge is 0.236 e. The summed E-state index contributed by atoms with van der Waals surface area (Å²) in [6.45, 7) is 1.76. The molecule has 0 N–H and O–H groups in total. The molecule has 0 spiro atoms. The molecule has 1 amide bonds. The van der Waals surface area contributed by atoms with Gasteiger partial charge in [0.05, 0.1) is 17.9 Å². The van der Waals surface area contributed by atoms with Gasteiger partial charge in [0.2, 0.25) is 5.91 Å². The van der Waals surface area contributed by atoms with Crippen LogP contribution in [0.15, 0.2) is 36.7 Å². The monoisotopic (exact) mass is 342 g/mol. The van der Waals surface area contributed by atoms with Gasteiger partial charge in [0.15, 0.2) is 0 Å². The maximum Gasteiger partial charge on any atom is 0.236 e. The first-order chi connectivity index (χ1) is 12.1. The van der Waals surface area contributed by atoms with Crippen LogP contribution in [0.5, 0.6) is 0 Å². The predicted octanol–water partition coefficient (Wildman–Crippen LogP) is 2.55. The third-order valence-corrected chi connectivity index (χ3v) is 4.47. The third-order valence-electron chi connectivity index (χ3n) is 4.47. The second kappa shape index (κ2) is 7.70. The molecule has 1 aliphatic rings. The minimum atomic E-state index is -0.305. The van der Waals surface area contributed by atoms with Gasteiger partial charge in [-0.2, -0.15) is 0 Å². The molecule has 132 valence electrons. The van der Waals surface area contributed by atoms with Crippen LogP contribution in [0.25, 0.3) is 11.3 Å². The van der Waals surface area contributed by atoms with E-state index in [0.29, 0.717) is 24.3 Å². The lowest BCUT2D eigenvalue weighted by molar-refractivity contribution is -0.133. The standard InChI is InChI=1S/C19H23FN4O/c1-23(2)13-17(25)24-11-5-6-14(12-24)18-19(22-10-9-21-18)15-7-3-4-8-16(15)20/h3-4,7-10,14H,5-6,11-13H2,1-2H3. The largest absolute Gasteiger partial charge is 0.341 e. The fourth-order valence-electron chi connectivity index (χ4n) is 3.31. The zero-order valence-corrected chi connectivity index (χ0v) is 14.7. The summed E-state index contributed by atoms with van der Waals surface area (Å²) in [7, 11) is 3.77. The van der Waals surface area contributed by atoms with E-state index < -0.39 is 0 Å². The second-order valence-corrected chi connectivity index (χ2v) is 6.69. The van der Waals surface area contributed by atoms with Crippen molar-refractivity contribution in [2.75, 3.05) is 33.7 Å². The van der Waals surface area contributed by atoms with E-state index in [4.69, 9.17) is 0 Å². The molecule has 6 heteroatoms. The topological polar surface area (TPSA) is 49.3 Å². The van der Waals surface area contributed by atoms with Gasteiger partial charge in [0.25, 0.3) is 0 Å². The molecule has 0 saturated carbocycles. The Hall–Kier alpha value is -2.34. The van der Waals surface area contributed by atoms with Crippen LogP contribution in [0.1, 0.15) is 24.5 Å². The predicted molar refractivity (Wildman–Crippen MR) is 94.5 cm³/mol. The van der Waals surface area contributed by atoms with E-state index in [1.807, 2.05) is 23.9 Å². The van der Waals surface area contributed by atoms with Crippen molar-refractivity contribution in [3.63, 3.8) is 0 Å². The fraction of sp³-hybridized carbons (Fsp3) is 0.421. The van der Waals surface area contributed by atoms with Crippen molar-refractivity contribution in [2.45, 2.75) is 18.8 Å². The molecule has 1 fully saturated rings. The van der Waals surface area contributed by atoms with Gasteiger partial charge in [-0.15, -0.1) is 0 Å². The van der Waals surface area contributed by atoms with Crippen LogP contribution in [0.2, 0.25) is 0 Å². The molecule has 25 heavy (non-hydrogen) atoms. The lowest BCUT2D eigenvalue weighted by Crippen LogP contribution is -2.43. The van der Waals surface area contributed by atoms with Crippen molar-refractivity contribution in [2.24, 2.45) is 0 Å². The van der Waals surface area contributed by atoms with Gasteiger partial charge in [-0.25, -0.2) is 4.39 Å². The van der Waals surface area contributed by atoms with E-state index in [0.717, 1.165) is 25.1 Å². The molecular formula is C19H23FN4O. The summed E-state index contributed by atoms with van der Waals surface area (Å²) in [5.41, 5.74) is 1.81. The highest BCUT2D eigenvalue weighted by atomic mass is 19.1. The van der Waals surface area contributed by atoms with E-state index in [1.54, 1.807) is 30.6 Å². The van der Waals surface area contributed by atoms with E-state index in [1.165, 1.54) is 6.07 Å². The van der Waals surface area contributed by atoms with E-state index in [2.05, 4.69) is 9.97 Å². The Balaban J connectivity index is 1.87. The number of hydrogen-bond donors (Lipinski definition) is 0. The fourth-order valence-corrected chi connectivity index (χ4v) is 3.31. The van der Waals surface area contributed by atoms with Gasteiger partial charge in [0, 0.05) is 37.0 Å². The maximum absolute atomic E-state index is 14.2. The summed E-state index contributed by atoms with van der Waals surface area (Å²) >= 11 is 0. The van der Waals surface area contributed by atoms with Gasteiger partial charge >= 0.3 is 0 Å². The van der Waals surface area contributed by atoms with Crippen molar-refractivity contribution >= 4 is 5.91 Å². The summed E-state index contributed by atoms with van der Waals surface area (Å²) in [6, 6.07) is 6.62. The summed E-state index contributed by atoms with van der Waals surface area (Å²) in [5, 5.41) is 0. The first-order valence-electron chi connectivity index (χ1n) is 8.54. The Morgan fingerprint density at radius 1 is 1.28 bits per heavy atom. The molecule has 5 nitrogen and oxygen atoms in total. The van der Waals surface area contributed by atoms with Gasteiger partial charge in [0.1, 0.15) is 5.82 Å². The van der Waals surface area contributed by atoms with Crippen LogP contribution in [-0.2, 0) is 4.79 Å². The molecular weight excluding hydrogens is 319 g/mol. The summed E-state index contributed by atoms with van der Waals surface area (Å²) < 4.78 is 14.2. The van der Waals surface area contributed by atoms with E-state index in [9.17, 15) is 9.18 Å². The molecule has 0 radical (unpaired) electrons. The third kappa shape index (κ3) is 4.02. The Morgan fingerprint density at radius 3 is 2.80 bits per heavy atom. The Bertz CT molecular complexity index is 750. The number of rotatable bonds is 4. The highest BCUT2D eigenvalue weighted by Gasteiger charge is 2.28. The Labute approximate surface area is 147 Å². The van der Waals surface area contributed by atoms with Crippen LogP contribution >= 0.6 is 0 Å². The average Bonchev–Trinajstić information content (AvgIpc) is 2.62. The summed E-state index contributed by atoms with van der Waals surface area (Å²) in [5.74, 6) is -0.116. The molecule has 0 bridgehead atoms. The van der Waals surface area contributed by atoms with Crippen molar-refractivity contribution in [1.29, 1.82) is 0 Å². The minimum absolute atomic E-state index is 0.0724. The van der Waals surface area contributed by atoms with Crippen molar-refractivity contribution < 1.29 is 9.18 Å². The number of nitrogens with zero attached hydrogens (tertiary/aromatic N) is 4. The van der Waals surface area contributed by atoms with Crippen molar-refractivity contribution in [3.8, 4) is 11.3 Å². The highest BCUT2D eigenvalue weighted by Crippen LogP contribution is 2.32. The lowest BCUT2D eigenvalue weighted by atomic mass is 9.91. The number of carbonyl (C=O) groups is 1. The van der Waals surface area contributed by atoms with Crippen molar-refractivity contribution in [3.05, 3.63) is 48.2 Å². The van der Waals surface area contributed by atoms with Crippen LogP contribution in [0.4, 0.5) is 4.39 Å². The maximum atomic E-state index is 14.2. The first kappa shape index (κ1) is 17.5. The van der Waals surface area contributed by atoms with Crippen LogP contribution in [0, 0.1) is 5.82 Å². The van der Waals surface area contributed by atoms with E-state index in [-0.39, 0.29) is 17.6 Å². The molecule has 3 rings (SSSR count). The van der Waals surface area contributed by atoms with Gasteiger partial charge in [-0.3, -0.25) is 14.8 Å². The van der Waals surface area contributed by atoms with Crippen molar-refractivity contribution in [1.82, 2.24) is 19.8 Å². The molecule has 1 aromatic carbocycles. The quantitative estimate of drug-likeness (QED) is 0.857. The molecule has 1 saturated heterocycles. The van der Waals surface area contributed by atoms with Gasteiger partial charge < -0.3 is 9.80 Å². The molecule has 1 aromatic heterocycles. The lowest BCUT2D eigenvalue weighted by Gasteiger charge is -2.33. The molecule has 1 atom stereocenters. The number of amides is 1. The number of benzene rings is 1. The highest BCUT2D eigenvalue weighted by molar-refractivity contribution is 5.78. The second-order valence-electron chi connectivity index (χ2n) is 6.69. The molecule has 2 aromatic rings. The van der Waals surface area contributed by atoms with E-state index >= 15 is 0 Å². The molecule has 1 unspecified atom stereocenters. The van der Waals surface area contributed by atoms with Gasteiger partial charge in [-0.1, -0.05) is 12.1 Å². The van der Waals surface area contributed by atoms with Crippen LogP contribution in [-0.4, -0.2) is 59.4 Å². The number of aromatic nitrogens is 2. The Kier molecular flexibility index (Phi) is 5.38. The first-order valence-corrected chi connectivity index (χ1v) is 8.54. The SMILES string of the molecule is CN(C)CC(=O)N1CCCC(c2nccnc2-c2ccccc2F)C1. The molecule has 2 heterocycles. The zero-order valence-electron chi connectivity index (χ0n) is 14.7. The molecule has 1 aliphatic heterocycles. The number of likely N-dealkylation sites (N-methyl/N-ethyl adjacent to an activating group) is 1. The minimum Gasteiger partial charge on any atom is -0.341 e. The van der Waals surface area contributed by atoms with Crippen LogP contribution in [0.3, 0.4) is 0 Å². The number of carbonyl (C=O) groups excluding carboxylic acids is 1.